The summed E-state index contributed by atoms with van der Waals surface area (Å²) in [5.41, 5.74) is 0. The average Bonchev–Trinajstić information content (AvgIpc) is 1.97. The molecule has 0 bridgehead atoms. The lowest BCUT2D eigenvalue weighted by Crippen LogP contribution is -2.37. The van der Waals surface area contributed by atoms with E-state index in [-0.39, 0.29) is 0 Å². The molecule has 1 aromatic heterocycles. The zero-order valence-corrected chi connectivity index (χ0v) is 5.70. The van der Waals surface area contributed by atoms with E-state index in [1.807, 2.05) is 0 Å². The van der Waals surface area contributed by atoms with Gasteiger partial charge in [0.2, 0.25) is 5.82 Å². The smallest absolute Gasteiger partial charge is 0.410 e. The van der Waals surface area contributed by atoms with Crippen molar-refractivity contribution in [2.75, 3.05) is 0 Å². The molecule has 1 heterocycles. The Morgan fingerprint density at radius 1 is 1.27 bits per heavy atom. The summed E-state index contributed by atoms with van der Waals surface area (Å²) >= 11 is 4.99. The number of nitrogens with zero attached hydrogens (tertiary/aromatic N) is 1. The van der Waals surface area contributed by atoms with Gasteiger partial charge in [-0.25, -0.2) is 0 Å². The van der Waals surface area contributed by atoms with Crippen molar-refractivity contribution >= 4 is 11.6 Å². The van der Waals surface area contributed by atoms with Crippen LogP contribution in [0.4, 0.5) is 13.2 Å². The van der Waals surface area contributed by atoms with E-state index in [2.05, 4.69) is 0 Å². The van der Waals surface area contributed by atoms with Crippen molar-refractivity contribution in [3.05, 3.63) is 34.0 Å². The van der Waals surface area contributed by atoms with E-state index >= 15 is 0 Å². The summed E-state index contributed by atoms with van der Waals surface area (Å²) in [7, 11) is 0. The molecule has 60 valence electrons. The highest BCUT2D eigenvalue weighted by Crippen LogP contribution is 2.12. The highest BCUT2D eigenvalue weighted by Gasteiger charge is 2.21. The van der Waals surface area contributed by atoms with Gasteiger partial charge < -0.3 is 5.21 Å². The molecule has 0 aliphatic carbocycles. The zero-order chi connectivity index (χ0) is 8.59. The third kappa shape index (κ3) is 1.23. The Morgan fingerprint density at radius 2 is 1.82 bits per heavy atom. The average molecular weight is 184 g/mol. The third-order valence-electron chi connectivity index (χ3n) is 1.00. The monoisotopic (exact) mass is 183 g/mol. The summed E-state index contributed by atoms with van der Waals surface area (Å²) < 4.78 is 35.8. The molecule has 6 heteroatoms. The van der Waals surface area contributed by atoms with Crippen LogP contribution >= 0.6 is 11.6 Å². The van der Waals surface area contributed by atoms with Gasteiger partial charge in [0.05, 0.1) is 0 Å². The Morgan fingerprint density at radius 3 is 2.36 bits per heavy atom. The van der Waals surface area contributed by atoms with Crippen LogP contribution in [0.2, 0.25) is 5.02 Å². The van der Waals surface area contributed by atoms with Crippen LogP contribution in [0.25, 0.3) is 0 Å². The maximum absolute atomic E-state index is 12.3. The predicted molar refractivity (Wildman–Crippen MR) is 30.3 cm³/mol. The Labute approximate surface area is 64.4 Å². The minimum absolute atomic E-state index is 0.390. The molecular weight excluding hydrogens is 183 g/mol. The van der Waals surface area contributed by atoms with Crippen LogP contribution < -0.4 is 4.73 Å². The van der Waals surface area contributed by atoms with Gasteiger partial charge in [0.25, 0.3) is 0 Å². The first-order valence-corrected chi connectivity index (χ1v) is 2.84. The van der Waals surface area contributed by atoms with Gasteiger partial charge in [-0.15, -0.1) is 13.5 Å². The summed E-state index contributed by atoms with van der Waals surface area (Å²) in [6.45, 7) is 0. The van der Waals surface area contributed by atoms with Crippen molar-refractivity contribution in [1.29, 1.82) is 0 Å². The maximum atomic E-state index is 12.3. The van der Waals surface area contributed by atoms with Crippen LogP contribution in [0.1, 0.15) is 0 Å². The van der Waals surface area contributed by atoms with Crippen LogP contribution in [-0.4, -0.2) is 0 Å². The van der Waals surface area contributed by atoms with Gasteiger partial charge in [-0.1, -0.05) is 11.6 Å². The molecule has 0 spiro atoms. The minimum Gasteiger partial charge on any atom is -0.614 e. The molecule has 0 saturated heterocycles. The Kier molecular flexibility index (Phi) is 1.90. The second kappa shape index (κ2) is 2.58. The van der Waals surface area contributed by atoms with E-state index in [0.717, 1.165) is 0 Å². The molecule has 0 aliphatic rings. The summed E-state index contributed by atoms with van der Waals surface area (Å²) in [6, 6.07) is 0.390. The van der Waals surface area contributed by atoms with E-state index in [0.29, 0.717) is 6.07 Å². The molecule has 0 fully saturated rings. The second-order valence-corrected chi connectivity index (χ2v) is 2.12. The number of rotatable bonds is 0. The summed E-state index contributed by atoms with van der Waals surface area (Å²) in [5, 5.41) is 9.50. The standard InChI is InChI=1S/C5HClF3NO/c6-2-1-3(7)5(9)10(11)4(2)8/h1H. The van der Waals surface area contributed by atoms with Gasteiger partial charge in [0, 0.05) is 6.07 Å². The lowest BCUT2D eigenvalue weighted by atomic mass is 10.4. The van der Waals surface area contributed by atoms with Crippen LogP contribution in [0.5, 0.6) is 0 Å². The quantitative estimate of drug-likeness (QED) is 0.339. The van der Waals surface area contributed by atoms with E-state index in [9.17, 15) is 18.4 Å². The predicted octanol–water partition coefficient (Wildman–Crippen LogP) is 1.39. The van der Waals surface area contributed by atoms with Crippen molar-refractivity contribution < 1.29 is 17.9 Å². The molecule has 0 amide bonds. The highest BCUT2D eigenvalue weighted by molar-refractivity contribution is 6.30. The number of halogens is 4. The molecule has 11 heavy (non-hydrogen) atoms. The minimum atomic E-state index is -1.83. The Balaban J connectivity index is 3.46. The summed E-state index contributed by atoms with van der Waals surface area (Å²) in [4.78, 5) is 0. The molecule has 1 rings (SSSR count). The van der Waals surface area contributed by atoms with Gasteiger partial charge in [0.1, 0.15) is 5.02 Å². The van der Waals surface area contributed by atoms with E-state index in [1.165, 1.54) is 0 Å². The van der Waals surface area contributed by atoms with Gasteiger partial charge in [-0.3, -0.25) is 0 Å². The van der Waals surface area contributed by atoms with Gasteiger partial charge in [-0.2, -0.15) is 4.39 Å². The first kappa shape index (κ1) is 8.13. The molecule has 0 unspecified atom stereocenters. The van der Waals surface area contributed by atoms with Crippen molar-refractivity contribution in [3.63, 3.8) is 0 Å². The fourth-order valence-electron chi connectivity index (χ4n) is 0.511. The van der Waals surface area contributed by atoms with Gasteiger partial charge in [-0.05, 0) is 0 Å². The SMILES string of the molecule is [O-][n+]1c(F)c(F)cc(Cl)c1F. The zero-order valence-electron chi connectivity index (χ0n) is 4.94. The maximum Gasteiger partial charge on any atom is 0.410 e. The first-order chi connectivity index (χ1) is 5.04. The molecule has 0 saturated carbocycles. The lowest BCUT2D eigenvalue weighted by molar-refractivity contribution is -0.668. The third-order valence-corrected chi connectivity index (χ3v) is 1.27. The van der Waals surface area contributed by atoms with Gasteiger partial charge >= 0.3 is 11.9 Å². The second-order valence-electron chi connectivity index (χ2n) is 1.72. The largest absolute Gasteiger partial charge is 0.614 e. The van der Waals surface area contributed by atoms with Crippen LogP contribution in [0, 0.1) is 22.9 Å². The Bertz CT molecular complexity index is 278. The highest BCUT2D eigenvalue weighted by atomic mass is 35.5. The lowest BCUT2D eigenvalue weighted by Gasteiger charge is -1.99. The van der Waals surface area contributed by atoms with Crippen LogP contribution in [-0.2, 0) is 0 Å². The normalized spacial score (nSPS) is 10.2. The molecule has 0 aromatic carbocycles. The number of hydrogen-bond acceptors (Lipinski definition) is 1. The molecule has 0 atom stereocenters. The molecule has 0 aliphatic heterocycles. The molecule has 2 nitrogen and oxygen atoms in total. The number of aromatic nitrogens is 1. The van der Waals surface area contributed by atoms with Crippen molar-refractivity contribution in [1.82, 2.24) is 0 Å². The first-order valence-electron chi connectivity index (χ1n) is 2.46. The fourth-order valence-corrected chi connectivity index (χ4v) is 0.683. The topological polar surface area (TPSA) is 26.9 Å². The van der Waals surface area contributed by atoms with E-state index < -0.39 is 27.5 Å². The molecule has 0 radical (unpaired) electrons. The van der Waals surface area contributed by atoms with Crippen LogP contribution in [0.15, 0.2) is 6.07 Å². The van der Waals surface area contributed by atoms with Crippen LogP contribution in [0.3, 0.4) is 0 Å². The van der Waals surface area contributed by atoms with Crippen molar-refractivity contribution in [2.24, 2.45) is 0 Å². The molecule has 1 aromatic rings. The molecule has 0 N–H and O–H groups in total. The van der Waals surface area contributed by atoms with E-state index in [4.69, 9.17) is 11.6 Å². The molecular formula is C5HClF3NO. The summed E-state index contributed by atoms with van der Waals surface area (Å²) in [5.74, 6) is -4.86. The van der Waals surface area contributed by atoms with E-state index in [1.54, 1.807) is 0 Å². The van der Waals surface area contributed by atoms with Crippen molar-refractivity contribution in [2.45, 2.75) is 0 Å². The van der Waals surface area contributed by atoms with Crippen molar-refractivity contribution in [3.8, 4) is 0 Å². The Hall–Kier alpha value is -0.970. The number of pyridine rings is 1. The summed E-state index contributed by atoms with van der Waals surface area (Å²) in [6.07, 6.45) is 0. The number of hydrogen-bond donors (Lipinski definition) is 0. The van der Waals surface area contributed by atoms with Gasteiger partial charge in [0.15, 0.2) is 0 Å². The fraction of sp³-hybridized carbons (Fsp3) is 0.